The quantitative estimate of drug-likeness (QED) is 0.182. The molecule has 246 valence electrons. The minimum atomic E-state index is -0.625. The van der Waals surface area contributed by atoms with Crippen molar-refractivity contribution < 1.29 is 37.9 Å². The number of aromatic nitrogens is 2. The first-order valence-corrected chi connectivity index (χ1v) is 15.4. The number of alkyl halides is 2. The van der Waals surface area contributed by atoms with Crippen molar-refractivity contribution in [2.75, 3.05) is 39.8 Å². The molecule has 45 heavy (non-hydrogen) atoms. The van der Waals surface area contributed by atoms with Gasteiger partial charge < -0.3 is 29.2 Å². The van der Waals surface area contributed by atoms with Gasteiger partial charge in [0.05, 0.1) is 16.7 Å². The van der Waals surface area contributed by atoms with Crippen molar-refractivity contribution in [2.24, 2.45) is 0 Å². The number of benzene rings is 2. The van der Waals surface area contributed by atoms with Gasteiger partial charge in [0.25, 0.3) is 0 Å². The molecule has 2 aromatic carbocycles. The lowest BCUT2D eigenvalue weighted by Crippen LogP contribution is -1.98. The van der Waals surface area contributed by atoms with Gasteiger partial charge in [-0.3, -0.25) is 0 Å². The summed E-state index contributed by atoms with van der Waals surface area (Å²) in [5, 5.41) is 17.4. The van der Waals surface area contributed by atoms with Crippen LogP contribution in [-0.4, -0.2) is 60.0 Å². The van der Waals surface area contributed by atoms with Gasteiger partial charge in [-0.2, -0.15) is 0 Å². The van der Waals surface area contributed by atoms with Crippen molar-refractivity contribution in [1.82, 2.24) is 9.97 Å². The molecule has 5 rings (SSSR count). The monoisotopic (exact) mass is 796 g/mol. The maximum Gasteiger partial charge on any atom is 0.219 e. The van der Waals surface area contributed by atoms with Crippen LogP contribution in [0.3, 0.4) is 0 Å². The zero-order chi connectivity index (χ0) is 32.2. The molecule has 0 aliphatic carbocycles. The summed E-state index contributed by atoms with van der Waals surface area (Å²) < 4.78 is 45.2. The van der Waals surface area contributed by atoms with Crippen LogP contribution in [0, 0.1) is 0 Å². The van der Waals surface area contributed by atoms with Crippen LogP contribution >= 0.6 is 55.1 Å². The van der Waals surface area contributed by atoms with Crippen LogP contribution in [0.25, 0.3) is 0 Å². The van der Waals surface area contributed by atoms with E-state index in [0.717, 1.165) is 22.2 Å². The fraction of sp³-hybridized carbons (Fsp3) is 0.290. The molecule has 0 unspecified atom stereocenters. The molecule has 2 aromatic heterocycles. The largest absolute Gasteiger partial charge is 0.508 e. The summed E-state index contributed by atoms with van der Waals surface area (Å²) in [5.74, 6) is 2.39. The molecule has 0 amide bonds. The topological polar surface area (TPSA) is 103 Å². The molecule has 0 spiro atoms. The van der Waals surface area contributed by atoms with E-state index in [1.54, 1.807) is 48.8 Å². The Balaban J connectivity index is 0.000000350. The van der Waals surface area contributed by atoms with Gasteiger partial charge in [0.15, 0.2) is 0 Å². The summed E-state index contributed by atoms with van der Waals surface area (Å²) in [6.45, 7) is 0.490. The predicted octanol–water partition coefficient (Wildman–Crippen LogP) is 10.0. The van der Waals surface area contributed by atoms with Gasteiger partial charge in [0, 0.05) is 58.8 Å². The number of ether oxygens (including phenoxy) is 4. The standard InChI is InChI=1S/C13H10BrClFNO2.C11H7BrClNO2.C4H8O.C2H5FO.CH4/c14-9-1-4-13(17-8-9)19-12-3-2-10(7-11(12)15)18-6-5-16;12-7-1-4-11(14-6-7)16-10-3-2-8(15)5-9(10)13;1-2-4-5-3-1;3-1-2-4;/h1-4,7-8H,5-6H2;1-6,15H;1-4H2;4H,1-2H2;1H4. The molecular formula is C31H34Br2Cl2F2N2O6. The van der Waals surface area contributed by atoms with E-state index in [1.165, 1.54) is 25.0 Å². The Bertz CT molecular complexity index is 1360. The van der Waals surface area contributed by atoms with Crippen LogP contribution in [-0.2, 0) is 4.74 Å². The molecule has 1 aliphatic rings. The number of aliphatic hydroxyl groups is 1. The first kappa shape index (κ1) is 40.3. The van der Waals surface area contributed by atoms with E-state index >= 15 is 0 Å². The normalized spacial score (nSPS) is 11.3. The van der Waals surface area contributed by atoms with Crippen molar-refractivity contribution in [3.63, 3.8) is 0 Å². The van der Waals surface area contributed by atoms with Crippen molar-refractivity contribution in [1.29, 1.82) is 0 Å². The van der Waals surface area contributed by atoms with Gasteiger partial charge in [-0.05, 0) is 81.1 Å². The number of hydrogen-bond acceptors (Lipinski definition) is 8. The molecule has 0 bridgehead atoms. The molecular weight excluding hydrogens is 765 g/mol. The van der Waals surface area contributed by atoms with E-state index in [-0.39, 0.29) is 26.4 Å². The average molecular weight is 799 g/mol. The Morgan fingerprint density at radius 3 is 1.67 bits per heavy atom. The van der Waals surface area contributed by atoms with Crippen LogP contribution < -0.4 is 14.2 Å². The van der Waals surface area contributed by atoms with Crippen molar-refractivity contribution in [3.05, 3.63) is 92.0 Å². The third kappa shape index (κ3) is 16.9. The molecule has 1 aliphatic heterocycles. The molecule has 2 N–H and O–H groups in total. The SMILES string of the molecule is C.C1CCOC1.FCCOc1ccc(Oc2ccc(Br)cn2)c(Cl)c1.OCCF.Oc1ccc(Oc2ccc(Br)cn2)c(Cl)c1. The van der Waals surface area contributed by atoms with Crippen molar-refractivity contribution in [3.8, 4) is 34.8 Å². The van der Waals surface area contributed by atoms with Gasteiger partial charge in [0.2, 0.25) is 11.8 Å². The highest BCUT2D eigenvalue weighted by Gasteiger charge is 2.07. The van der Waals surface area contributed by atoms with Crippen molar-refractivity contribution in [2.45, 2.75) is 20.3 Å². The van der Waals surface area contributed by atoms with Crippen LogP contribution in [0.2, 0.25) is 10.0 Å². The first-order valence-electron chi connectivity index (χ1n) is 13.1. The number of hydrogen-bond donors (Lipinski definition) is 2. The van der Waals surface area contributed by atoms with E-state index in [2.05, 4.69) is 41.8 Å². The maximum atomic E-state index is 12.0. The van der Waals surface area contributed by atoms with E-state index in [9.17, 15) is 13.9 Å². The van der Waals surface area contributed by atoms with Gasteiger partial charge >= 0.3 is 0 Å². The highest BCUT2D eigenvalue weighted by atomic mass is 79.9. The Hall–Kier alpha value is -2.74. The fourth-order valence-electron chi connectivity index (χ4n) is 2.96. The first-order chi connectivity index (χ1) is 21.2. The van der Waals surface area contributed by atoms with Crippen LogP contribution in [0.5, 0.6) is 34.8 Å². The number of aliphatic hydroxyl groups excluding tert-OH is 1. The molecule has 0 radical (unpaired) electrons. The number of phenols is 1. The lowest BCUT2D eigenvalue weighted by Gasteiger charge is -2.09. The van der Waals surface area contributed by atoms with E-state index in [0.29, 0.717) is 39.1 Å². The highest BCUT2D eigenvalue weighted by Crippen LogP contribution is 2.33. The summed E-state index contributed by atoms with van der Waals surface area (Å²) >= 11 is 18.5. The van der Waals surface area contributed by atoms with E-state index in [1.807, 2.05) is 12.1 Å². The van der Waals surface area contributed by atoms with Crippen LogP contribution in [0.15, 0.2) is 82.0 Å². The minimum Gasteiger partial charge on any atom is -0.508 e. The number of rotatable bonds is 8. The zero-order valence-corrected chi connectivity index (χ0v) is 28.0. The molecule has 0 atom stereocenters. The Morgan fingerprint density at radius 1 is 0.778 bits per heavy atom. The third-order valence-corrected chi connectivity index (χ3v) is 6.44. The summed E-state index contributed by atoms with van der Waals surface area (Å²) in [4.78, 5) is 8.12. The molecule has 14 heteroatoms. The van der Waals surface area contributed by atoms with Gasteiger partial charge in [-0.1, -0.05) is 30.6 Å². The lowest BCUT2D eigenvalue weighted by atomic mass is 10.3. The molecule has 8 nitrogen and oxygen atoms in total. The van der Waals surface area contributed by atoms with Crippen LogP contribution in [0.4, 0.5) is 8.78 Å². The Labute approximate surface area is 288 Å². The number of halogens is 6. The molecule has 1 saturated heterocycles. The average Bonchev–Trinajstić information content (AvgIpc) is 3.62. The Kier molecular flexibility index (Phi) is 21.1. The number of nitrogens with zero attached hydrogens (tertiary/aromatic N) is 2. The predicted molar refractivity (Wildman–Crippen MR) is 180 cm³/mol. The highest BCUT2D eigenvalue weighted by molar-refractivity contribution is 9.10. The summed E-state index contributed by atoms with van der Waals surface area (Å²) in [7, 11) is 0. The molecule has 1 fully saturated rings. The van der Waals surface area contributed by atoms with E-state index < -0.39 is 13.3 Å². The zero-order valence-electron chi connectivity index (χ0n) is 23.3. The smallest absolute Gasteiger partial charge is 0.219 e. The number of phenolic OH excluding ortho intramolecular Hbond substituents is 1. The summed E-state index contributed by atoms with van der Waals surface area (Å²) in [6, 6.07) is 16.4. The molecule has 4 aromatic rings. The van der Waals surface area contributed by atoms with E-state index in [4.69, 9.17) is 47.3 Å². The van der Waals surface area contributed by atoms with Gasteiger partial charge in [-0.25, -0.2) is 18.7 Å². The second-order valence-corrected chi connectivity index (χ2v) is 11.0. The Morgan fingerprint density at radius 2 is 1.29 bits per heavy atom. The second-order valence-electron chi connectivity index (χ2n) is 8.31. The number of pyridine rings is 2. The summed E-state index contributed by atoms with van der Waals surface area (Å²) in [5.41, 5.74) is 0. The second kappa shape index (κ2) is 23.6. The molecule has 0 saturated carbocycles. The summed E-state index contributed by atoms with van der Waals surface area (Å²) in [6.07, 6.45) is 5.81. The van der Waals surface area contributed by atoms with Gasteiger partial charge in [-0.15, -0.1) is 0 Å². The minimum absolute atomic E-state index is 0. The number of aromatic hydroxyl groups is 1. The van der Waals surface area contributed by atoms with Crippen molar-refractivity contribution >= 4 is 55.1 Å². The third-order valence-electron chi connectivity index (χ3n) is 4.91. The van der Waals surface area contributed by atoms with Crippen LogP contribution in [0.1, 0.15) is 20.3 Å². The maximum absolute atomic E-state index is 12.0. The fourth-order valence-corrected chi connectivity index (χ4v) is 3.86. The van der Waals surface area contributed by atoms with Gasteiger partial charge in [0.1, 0.15) is 43.0 Å². The lowest BCUT2D eigenvalue weighted by molar-refractivity contribution is 0.198. The molecule has 3 heterocycles.